The molecule has 1 aromatic heterocycles. The van der Waals surface area contributed by atoms with E-state index in [4.69, 9.17) is 0 Å². The van der Waals surface area contributed by atoms with Gasteiger partial charge in [-0.25, -0.2) is 13.1 Å². The molecule has 1 aromatic rings. The van der Waals surface area contributed by atoms with Gasteiger partial charge in [0.05, 0.1) is 0 Å². The van der Waals surface area contributed by atoms with Gasteiger partial charge in [-0.3, -0.25) is 4.79 Å². The van der Waals surface area contributed by atoms with Crippen molar-refractivity contribution in [1.29, 1.82) is 0 Å². The Hall–Kier alpha value is -1.14. The molecule has 2 unspecified atom stereocenters. The Morgan fingerprint density at radius 3 is 2.79 bits per heavy atom. The molecule has 0 spiro atoms. The van der Waals surface area contributed by atoms with Crippen molar-refractivity contribution in [2.24, 2.45) is 5.92 Å². The minimum atomic E-state index is -3.72. The van der Waals surface area contributed by atoms with Crippen LogP contribution >= 0.6 is 0 Å². The molecule has 1 heterocycles. The molecule has 2 rings (SSSR count). The Labute approximate surface area is 113 Å². The van der Waals surface area contributed by atoms with Crippen LogP contribution in [0.5, 0.6) is 0 Å². The number of pyridine rings is 1. The van der Waals surface area contributed by atoms with E-state index in [2.05, 4.69) is 16.6 Å². The number of hydrogen-bond acceptors (Lipinski definition) is 3. The Balaban J connectivity index is 2.13. The van der Waals surface area contributed by atoms with Gasteiger partial charge in [0.1, 0.15) is 4.90 Å². The van der Waals surface area contributed by atoms with Crippen molar-refractivity contribution in [3.8, 4) is 0 Å². The summed E-state index contributed by atoms with van der Waals surface area (Å²) in [6.07, 6.45) is 7.54. The van der Waals surface area contributed by atoms with Crippen LogP contribution in [0.1, 0.15) is 39.0 Å². The van der Waals surface area contributed by atoms with Crippen molar-refractivity contribution >= 4 is 10.0 Å². The summed E-state index contributed by atoms with van der Waals surface area (Å²) in [6, 6.07) is 1.17. The van der Waals surface area contributed by atoms with Crippen molar-refractivity contribution in [3.05, 3.63) is 28.7 Å². The minimum Gasteiger partial charge on any atom is -0.366 e. The van der Waals surface area contributed by atoms with E-state index in [-0.39, 0.29) is 10.9 Å². The molecule has 5 nitrogen and oxygen atoms in total. The number of aromatic nitrogens is 1. The molecular formula is C13H20N2O3S. The quantitative estimate of drug-likeness (QED) is 0.828. The van der Waals surface area contributed by atoms with Gasteiger partial charge in [0.25, 0.3) is 0 Å². The summed E-state index contributed by atoms with van der Waals surface area (Å²) in [4.78, 5) is 14.0. The predicted octanol–water partition coefficient (Wildman–Crippen LogP) is 1.62. The van der Waals surface area contributed by atoms with Crippen LogP contribution in [0.2, 0.25) is 0 Å². The second kappa shape index (κ2) is 5.88. The summed E-state index contributed by atoms with van der Waals surface area (Å²) >= 11 is 0. The Morgan fingerprint density at radius 1 is 1.26 bits per heavy atom. The van der Waals surface area contributed by atoms with Gasteiger partial charge in [0.2, 0.25) is 15.5 Å². The summed E-state index contributed by atoms with van der Waals surface area (Å²) in [5, 5.41) is 0. The van der Waals surface area contributed by atoms with Crippen LogP contribution in [0, 0.1) is 5.92 Å². The van der Waals surface area contributed by atoms with Crippen LogP contribution in [-0.2, 0) is 10.0 Å². The van der Waals surface area contributed by atoms with Crippen LogP contribution in [-0.4, -0.2) is 19.4 Å². The molecule has 0 aromatic carbocycles. The van der Waals surface area contributed by atoms with E-state index >= 15 is 0 Å². The lowest BCUT2D eigenvalue weighted by molar-refractivity contribution is 0.484. The van der Waals surface area contributed by atoms with E-state index in [0.29, 0.717) is 5.92 Å². The van der Waals surface area contributed by atoms with Gasteiger partial charge in [0, 0.05) is 24.5 Å². The predicted molar refractivity (Wildman–Crippen MR) is 73.4 cm³/mol. The fourth-order valence-electron chi connectivity index (χ4n) is 2.50. The fourth-order valence-corrected chi connectivity index (χ4v) is 3.86. The maximum atomic E-state index is 12.2. The smallest absolute Gasteiger partial charge is 0.246 e. The molecule has 6 heteroatoms. The molecule has 1 aliphatic rings. The second-order valence-corrected chi connectivity index (χ2v) is 6.99. The number of rotatable bonds is 3. The van der Waals surface area contributed by atoms with Gasteiger partial charge in [-0.15, -0.1) is 0 Å². The second-order valence-electron chi connectivity index (χ2n) is 5.30. The molecule has 1 saturated carbocycles. The van der Waals surface area contributed by atoms with E-state index in [9.17, 15) is 13.2 Å². The molecule has 1 aliphatic carbocycles. The first kappa shape index (κ1) is 14.3. The first-order chi connectivity index (χ1) is 8.99. The molecule has 0 radical (unpaired) electrons. The lowest BCUT2D eigenvalue weighted by Gasteiger charge is -2.16. The van der Waals surface area contributed by atoms with Gasteiger partial charge < -0.3 is 4.98 Å². The lowest BCUT2D eigenvalue weighted by Crippen LogP contribution is -2.36. The zero-order valence-electron chi connectivity index (χ0n) is 11.1. The third-order valence-electron chi connectivity index (χ3n) is 3.66. The monoisotopic (exact) mass is 284 g/mol. The lowest BCUT2D eigenvalue weighted by atomic mass is 10.0. The fraction of sp³-hybridized carbons (Fsp3) is 0.615. The van der Waals surface area contributed by atoms with Gasteiger partial charge in [-0.1, -0.05) is 19.8 Å². The summed E-state index contributed by atoms with van der Waals surface area (Å²) in [5.74, 6) is 0.648. The highest BCUT2D eigenvalue weighted by Gasteiger charge is 2.24. The van der Waals surface area contributed by atoms with E-state index in [1.165, 1.54) is 18.5 Å². The van der Waals surface area contributed by atoms with Crippen LogP contribution in [0.3, 0.4) is 0 Å². The van der Waals surface area contributed by atoms with Crippen LogP contribution < -0.4 is 10.2 Å². The molecule has 19 heavy (non-hydrogen) atoms. The molecular weight excluding hydrogens is 264 g/mol. The highest BCUT2D eigenvalue weighted by Crippen LogP contribution is 2.23. The highest BCUT2D eigenvalue weighted by molar-refractivity contribution is 7.89. The van der Waals surface area contributed by atoms with E-state index in [1.54, 1.807) is 0 Å². The summed E-state index contributed by atoms with van der Waals surface area (Å²) in [7, 11) is -3.72. The normalized spacial score (nSPS) is 24.9. The Bertz CT molecular complexity index is 580. The molecule has 2 atom stereocenters. The van der Waals surface area contributed by atoms with Gasteiger partial charge >= 0.3 is 0 Å². The van der Waals surface area contributed by atoms with Crippen molar-refractivity contribution in [3.63, 3.8) is 0 Å². The number of nitrogens with one attached hydrogen (secondary N) is 2. The number of H-pyrrole nitrogens is 1. The van der Waals surface area contributed by atoms with Crippen molar-refractivity contribution < 1.29 is 8.42 Å². The first-order valence-electron chi connectivity index (χ1n) is 6.68. The molecule has 0 aliphatic heterocycles. The number of aromatic amines is 1. The Morgan fingerprint density at radius 2 is 2.05 bits per heavy atom. The SMILES string of the molecule is CC1CCCC(NS(=O)(=O)c2c[nH]ccc2=O)CC1. The van der Waals surface area contributed by atoms with E-state index in [0.717, 1.165) is 32.1 Å². The Kier molecular flexibility index (Phi) is 4.42. The molecule has 1 fully saturated rings. The van der Waals surface area contributed by atoms with E-state index in [1.807, 2.05) is 0 Å². The third kappa shape index (κ3) is 3.67. The maximum Gasteiger partial charge on any atom is 0.246 e. The third-order valence-corrected chi connectivity index (χ3v) is 5.20. The largest absolute Gasteiger partial charge is 0.366 e. The van der Waals surface area contributed by atoms with Crippen LogP contribution in [0.4, 0.5) is 0 Å². The number of sulfonamides is 1. The van der Waals surface area contributed by atoms with Crippen molar-refractivity contribution in [2.75, 3.05) is 0 Å². The maximum absolute atomic E-state index is 12.2. The molecule has 2 N–H and O–H groups in total. The zero-order valence-corrected chi connectivity index (χ0v) is 11.9. The summed E-state index contributed by atoms with van der Waals surface area (Å²) < 4.78 is 27.0. The zero-order chi connectivity index (χ0) is 13.9. The van der Waals surface area contributed by atoms with E-state index < -0.39 is 15.5 Å². The summed E-state index contributed by atoms with van der Waals surface area (Å²) in [5.41, 5.74) is -0.478. The molecule has 0 amide bonds. The van der Waals surface area contributed by atoms with Gasteiger partial charge in [-0.05, 0) is 25.2 Å². The van der Waals surface area contributed by atoms with Crippen molar-refractivity contribution in [2.45, 2.75) is 50.0 Å². The van der Waals surface area contributed by atoms with Gasteiger partial charge in [-0.2, -0.15) is 0 Å². The molecule has 0 saturated heterocycles. The number of hydrogen-bond donors (Lipinski definition) is 2. The topological polar surface area (TPSA) is 79.0 Å². The van der Waals surface area contributed by atoms with Crippen molar-refractivity contribution in [1.82, 2.24) is 9.71 Å². The average Bonchev–Trinajstić information content (AvgIpc) is 2.54. The summed E-state index contributed by atoms with van der Waals surface area (Å²) in [6.45, 7) is 2.19. The van der Waals surface area contributed by atoms with Crippen LogP contribution in [0.15, 0.2) is 28.2 Å². The van der Waals surface area contributed by atoms with Crippen LogP contribution in [0.25, 0.3) is 0 Å². The minimum absolute atomic E-state index is 0.0606. The molecule has 0 bridgehead atoms. The first-order valence-corrected chi connectivity index (χ1v) is 8.17. The standard InChI is InChI=1S/C13H20N2O3S/c1-10-3-2-4-11(6-5-10)15-19(17,18)13-9-14-8-7-12(13)16/h7-11,15H,2-6H2,1H3,(H,14,16). The van der Waals surface area contributed by atoms with Gasteiger partial charge in [0.15, 0.2) is 0 Å². The average molecular weight is 284 g/mol. The molecule has 106 valence electrons. The highest BCUT2D eigenvalue weighted by atomic mass is 32.2.